The number of anilines is 3. The molecule has 3 rings (SSSR count). The van der Waals surface area contributed by atoms with Gasteiger partial charge in [0.05, 0.1) is 24.1 Å². The van der Waals surface area contributed by atoms with Crippen molar-refractivity contribution in [1.29, 1.82) is 0 Å². The summed E-state index contributed by atoms with van der Waals surface area (Å²) in [5.74, 6) is -3.51. The largest absolute Gasteiger partial charge is 0.490 e. The second-order valence-corrected chi connectivity index (χ2v) is 16.3. The van der Waals surface area contributed by atoms with Crippen molar-refractivity contribution < 1.29 is 27.5 Å². The lowest BCUT2D eigenvalue weighted by Gasteiger charge is -2.51. The molecule has 0 atom stereocenters. The van der Waals surface area contributed by atoms with Gasteiger partial charge in [-0.05, 0) is 32.0 Å². The highest BCUT2D eigenvalue weighted by Gasteiger charge is 2.50. The van der Waals surface area contributed by atoms with Crippen molar-refractivity contribution >= 4 is 31.5 Å². The quantitative estimate of drug-likeness (QED) is 0.326. The number of alkyl halides is 2. The normalized spacial score (nSPS) is 19.9. The Balaban J connectivity index is 1.83. The van der Waals surface area contributed by atoms with Crippen molar-refractivity contribution in [3.8, 4) is 11.6 Å². The van der Waals surface area contributed by atoms with E-state index in [1.165, 1.54) is 25.3 Å². The van der Waals surface area contributed by atoms with E-state index < -0.39 is 20.1 Å². The first-order valence-electron chi connectivity index (χ1n) is 12.7. The number of ether oxygens (including phenoxy) is 2. The van der Waals surface area contributed by atoms with Gasteiger partial charge in [-0.3, -0.25) is 4.79 Å². The predicted octanol–water partition coefficient (Wildman–Crippen LogP) is 6.41. The first-order valence-corrected chi connectivity index (χ1v) is 15.6. The van der Waals surface area contributed by atoms with Crippen LogP contribution in [0.15, 0.2) is 18.3 Å². The van der Waals surface area contributed by atoms with Gasteiger partial charge in [-0.1, -0.05) is 20.8 Å². The van der Waals surface area contributed by atoms with E-state index in [0.717, 1.165) is 6.92 Å². The molecular formula is C26H39F2N5O4Si. The third-order valence-corrected chi connectivity index (χ3v) is 11.4. The number of carbonyl (C=O) groups excluding carboxylic acids is 1. The van der Waals surface area contributed by atoms with Gasteiger partial charge < -0.3 is 24.5 Å². The molecule has 1 aliphatic rings. The van der Waals surface area contributed by atoms with E-state index in [4.69, 9.17) is 13.9 Å². The molecule has 0 bridgehead atoms. The molecule has 12 heteroatoms. The van der Waals surface area contributed by atoms with Gasteiger partial charge >= 0.3 is 5.92 Å². The molecular weight excluding hydrogens is 512 g/mol. The number of pyridine rings is 1. The maximum Gasteiger partial charge on any atom is 0.304 e. The fourth-order valence-electron chi connectivity index (χ4n) is 3.95. The van der Waals surface area contributed by atoms with E-state index in [1.54, 1.807) is 6.92 Å². The van der Waals surface area contributed by atoms with Gasteiger partial charge in [0.1, 0.15) is 17.7 Å². The number of nitrogens with zero attached hydrogens (tertiary/aromatic N) is 3. The first-order chi connectivity index (χ1) is 17.4. The van der Waals surface area contributed by atoms with Crippen LogP contribution in [-0.2, 0) is 15.1 Å². The summed E-state index contributed by atoms with van der Waals surface area (Å²) < 4.78 is 46.8. The summed E-state index contributed by atoms with van der Waals surface area (Å²) in [6.45, 7) is 17.3. The molecule has 2 heterocycles. The number of rotatable bonds is 10. The number of nitrogens with one attached hydrogen (secondary N) is 2. The molecule has 1 fully saturated rings. The average molecular weight is 552 g/mol. The van der Waals surface area contributed by atoms with Crippen LogP contribution in [0.25, 0.3) is 0 Å². The maximum absolute atomic E-state index is 14.3. The first kappa shape index (κ1) is 29.7. The molecule has 210 valence electrons. The molecule has 0 radical (unpaired) electrons. The Hall–Kier alpha value is -2.86. The van der Waals surface area contributed by atoms with E-state index in [9.17, 15) is 13.6 Å². The van der Waals surface area contributed by atoms with E-state index in [2.05, 4.69) is 66.4 Å². The number of carbonyl (C=O) groups is 1. The Morgan fingerprint density at radius 3 is 2.37 bits per heavy atom. The molecule has 0 spiro atoms. The molecule has 0 aromatic carbocycles. The van der Waals surface area contributed by atoms with Crippen LogP contribution in [0.4, 0.5) is 26.1 Å². The second-order valence-electron chi connectivity index (χ2n) is 11.6. The van der Waals surface area contributed by atoms with Crippen LogP contribution in [0.5, 0.6) is 11.6 Å². The zero-order valence-corrected chi connectivity index (χ0v) is 24.7. The van der Waals surface area contributed by atoms with Gasteiger partial charge in [0.2, 0.25) is 17.6 Å². The molecule has 38 heavy (non-hydrogen) atoms. The fourth-order valence-corrected chi connectivity index (χ4v) is 5.66. The summed E-state index contributed by atoms with van der Waals surface area (Å²) in [6.07, 6.45) is 2.46. The molecule has 2 N–H and O–H groups in total. The molecule has 1 amide bonds. The SMILES string of the molecule is CCOc1cnc(NC(C)=O)cc1Nc1cc(OC2CC(C)(O[Si](C)(C)C(C)(C)C)C2)nc(C(C)(F)F)n1. The van der Waals surface area contributed by atoms with Gasteiger partial charge in [-0.25, -0.2) is 9.97 Å². The number of hydrogen-bond donors (Lipinski definition) is 2. The minimum absolute atomic E-state index is 0.0347. The Bertz CT molecular complexity index is 1160. The van der Waals surface area contributed by atoms with Crippen molar-refractivity contribution in [2.24, 2.45) is 0 Å². The van der Waals surface area contributed by atoms with Crippen LogP contribution in [0.3, 0.4) is 0 Å². The van der Waals surface area contributed by atoms with E-state index in [1.807, 2.05) is 0 Å². The van der Waals surface area contributed by atoms with Crippen molar-refractivity contribution in [3.05, 3.63) is 24.2 Å². The van der Waals surface area contributed by atoms with Crippen LogP contribution >= 0.6 is 0 Å². The zero-order valence-electron chi connectivity index (χ0n) is 23.7. The summed E-state index contributed by atoms with van der Waals surface area (Å²) >= 11 is 0. The number of amides is 1. The van der Waals surface area contributed by atoms with Gasteiger partial charge in [-0.15, -0.1) is 0 Å². The van der Waals surface area contributed by atoms with Gasteiger partial charge in [0.25, 0.3) is 0 Å². The molecule has 0 aliphatic heterocycles. The minimum Gasteiger partial charge on any atom is -0.490 e. The Morgan fingerprint density at radius 2 is 1.82 bits per heavy atom. The third-order valence-electron chi connectivity index (χ3n) is 6.74. The predicted molar refractivity (Wildman–Crippen MR) is 145 cm³/mol. The fraction of sp³-hybridized carbons (Fsp3) is 0.615. The molecule has 0 saturated heterocycles. The minimum atomic E-state index is -3.29. The number of halogens is 2. The highest BCUT2D eigenvalue weighted by atomic mass is 28.4. The van der Waals surface area contributed by atoms with E-state index >= 15 is 0 Å². The smallest absolute Gasteiger partial charge is 0.304 e. The summed E-state index contributed by atoms with van der Waals surface area (Å²) in [5, 5.41) is 5.66. The average Bonchev–Trinajstić information content (AvgIpc) is 2.72. The molecule has 1 aliphatic carbocycles. The molecule has 0 unspecified atom stereocenters. The number of hydrogen-bond acceptors (Lipinski definition) is 8. The molecule has 1 saturated carbocycles. The van der Waals surface area contributed by atoms with Gasteiger partial charge in [0, 0.05) is 38.8 Å². The van der Waals surface area contributed by atoms with Crippen LogP contribution in [0.1, 0.15) is 67.1 Å². The summed E-state index contributed by atoms with van der Waals surface area (Å²) in [6, 6.07) is 3.00. The lowest BCUT2D eigenvalue weighted by molar-refractivity contribution is -0.114. The second kappa shape index (κ2) is 10.7. The Labute approximate surface area is 224 Å². The lowest BCUT2D eigenvalue weighted by atomic mass is 9.79. The van der Waals surface area contributed by atoms with Crippen molar-refractivity contribution in [2.45, 2.75) is 97.1 Å². The molecule has 2 aromatic heterocycles. The van der Waals surface area contributed by atoms with Crippen LogP contribution in [0.2, 0.25) is 18.1 Å². The van der Waals surface area contributed by atoms with Crippen LogP contribution in [0, 0.1) is 0 Å². The Kier molecular flexibility index (Phi) is 8.37. The van der Waals surface area contributed by atoms with Gasteiger partial charge in [0.15, 0.2) is 14.1 Å². The van der Waals surface area contributed by atoms with E-state index in [-0.39, 0.29) is 40.2 Å². The summed E-state index contributed by atoms with van der Waals surface area (Å²) in [5.41, 5.74) is 0.0580. The highest BCUT2D eigenvalue weighted by molar-refractivity contribution is 6.74. The topological polar surface area (TPSA) is 107 Å². The highest BCUT2D eigenvalue weighted by Crippen LogP contribution is 2.46. The summed E-state index contributed by atoms with van der Waals surface area (Å²) in [7, 11) is -1.98. The summed E-state index contributed by atoms with van der Waals surface area (Å²) in [4.78, 5) is 23.6. The van der Waals surface area contributed by atoms with Crippen molar-refractivity contribution in [1.82, 2.24) is 15.0 Å². The lowest BCUT2D eigenvalue weighted by Crippen LogP contribution is -2.57. The van der Waals surface area contributed by atoms with Crippen molar-refractivity contribution in [2.75, 3.05) is 17.2 Å². The standard InChI is InChI=1S/C26H39F2N5O4Si/c1-10-35-19-15-29-20(30-16(2)34)11-18(19)31-21-12-22(33-23(32-21)26(7,27)28)36-17-13-25(6,14-17)37-38(8,9)24(3,4)5/h11-12,15,17H,10,13-14H2,1-9H3,(H2,29,30,31,32,33,34). The monoisotopic (exact) mass is 551 g/mol. The zero-order chi connectivity index (χ0) is 28.5. The van der Waals surface area contributed by atoms with E-state index in [0.29, 0.717) is 30.9 Å². The third kappa shape index (κ3) is 7.37. The number of aromatic nitrogens is 3. The maximum atomic E-state index is 14.3. The van der Waals surface area contributed by atoms with Crippen LogP contribution < -0.4 is 20.1 Å². The molecule has 2 aromatic rings. The molecule has 9 nitrogen and oxygen atoms in total. The van der Waals surface area contributed by atoms with Crippen molar-refractivity contribution in [3.63, 3.8) is 0 Å². The Morgan fingerprint density at radius 1 is 1.16 bits per heavy atom. The van der Waals surface area contributed by atoms with Gasteiger partial charge in [-0.2, -0.15) is 13.8 Å². The van der Waals surface area contributed by atoms with Crippen LogP contribution in [-0.4, -0.2) is 47.5 Å².